The minimum atomic E-state index is -0.190. The Kier molecular flexibility index (Phi) is 4.38. The molecule has 0 atom stereocenters. The Balaban J connectivity index is 0.000000141. The third-order valence-electron chi connectivity index (χ3n) is 2.92. The molecule has 0 aliphatic rings. The van der Waals surface area contributed by atoms with Crippen LogP contribution in [0.2, 0.25) is 0 Å². The van der Waals surface area contributed by atoms with Gasteiger partial charge in [-0.3, -0.25) is 13.7 Å². The molecule has 0 aliphatic carbocycles. The first-order valence-corrected chi connectivity index (χ1v) is 6.78. The van der Waals surface area contributed by atoms with Crippen LogP contribution in [0.1, 0.15) is 0 Å². The lowest BCUT2D eigenvalue weighted by Gasteiger charge is -1.98. The minimum absolute atomic E-state index is 0.190. The van der Waals surface area contributed by atoms with Crippen molar-refractivity contribution in [2.24, 2.45) is 0 Å². The molecule has 0 N–H and O–H groups in total. The van der Waals surface area contributed by atoms with Gasteiger partial charge in [-0.25, -0.2) is 24.1 Å². The molecule has 0 saturated heterocycles. The average molecular weight is 324 g/mol. The van der Waals surface area contributed by atoms with Gasteiger partial charge in [0.15, 0.2) is 0 Å². The SMILES string of the molecule is O=C(n1cccc1)n1cnnc1.O=C(n1ccnc1)n1ccnc1. The Morgan fingerprint density at radius 3 is 1.54 bits per heavy atom. The number of hydrogen-bond acceptors (Lipinski definition) is 6. The molecule has 4 heterocycles. The molecular formula is C14H12N8O2. The first-order chi connectivity index (χ1) is 11.8. The van der Waals surface area contributed by atoms with Crippen LogP contribution in [0.4, 0.5) is 9.59 Å². The van der Waals surface area contributed by atoms with E-state index in [1.54, 1.807) is 49.3 Å². The molecule has 0 fully saturated rings. The molecule has 4 aromatic rings. The highest BCUT2D eigenvalue weighted by Crippen LogP contribution is 1.93. The summed E-state index contributed by atoms with van der Waals surface area (Å²) in [5.41, 5.74) is 0. The summed E-state index contributed by atoms with van der Waals surface area (Å²) in [5.74, 6) is 0. The molecule has 10 heteroatoms. The van der Waals surface area contributed by atoms with Crippen molar-refractivity contribution in [1.29, 1.82) is 0 Å². The number of hydrogen-bond donors (Lipinski definition) is 0. The number of aromatic nitrogens is 8. The maximum Gasteiger partial charge on any atom is 0.338 e. The number of nitrogens with zero attached hydrogens (tertiary/aromatic N) is 8. The molecule has 0 aliphatic heterocycles. The molecule has 0 unspecified atom stereocenters. The molecule has 0 spiro atoms. The average Bonchev–Trinajstić information content (AvgIpc) is 3.43. The van der Waals surface area contributed by atoms with Crippen molar-refractivity contribution in [2.75, 3.05) is 0 Å². The quantitative estimate of drug-likeness (QED) is 0.481. The molecule has 24 heavy (non-hydrogen) atoms. The Morgan fingerprint density at radius 2 is 1.08 bits per heavy atom. The lowest BCUT2D eigenvalue weighted by molar-refractivity contribution is 0.243. The van der Waals surface area contributed by atoms with E-state index in [1.807, 2.05) is 0 Å². The van der Waals surface area contributed by atoms with Crippen molar-refractivity contribution >= 4 is 12.1 Å². The summed E-state index contributed by atoms with van der Waals surface area (Å²) in [4.78, 5) is 30.4. The van der Waals surface area contributed by atoms with Crippen molar-refractivity contribution < 1.29 is 9.59 Å². The summed E-state index contributed by atoms with van der Waals surface area (Å²) < 4.78 is 5.51. The van der Waals surface area contributed by atoms with Gasteiger partial charge >= 0.3 is 12.1 Å². The van der Waals surface area contributed by atoms with E-state index in [0.29, 0.717) is 0 Å². The number of carbonyl (C=O) groups is 2. The standard InChI is InChI=1S/2C7H6N4O/c12-7(10-3-1-8-5-10)11-4-2-9-6-11;12-7(10-3-1-2-4-10)11-5-8-9-6-11/h2*1-6H. The number of rotatable bonds is 0. The Bertz CT molecular complexity index is 728. The van der Waals surface area contributed by atoms with E-state index in [2.05, 4.69) is 20.2 Å². The second kappa shape index (κ2) is 6.96. The highest BCUT2D eigenvalue weighted by Gasteiger charge is 2.04. The second-order valence-corrected chi connectivity index (χ2v) is 4.46. The highest BCUT2D eigenvalue weighted by molar-refractivity contribution is 5.79. The van der Waals surface area contributed by atoms with Gasteiger partial charge in [-0.2, -0.15) is 0 Å². The predicted octanol–water partition coefficient (Wildman–Crippen LogP) is 1.19. The summed E-state index contributed by atoms with van der Waals surface area (Å²) in [6.45, 7) is 0. The molecule has 0 radical (unpaired) electrons. The predicted molar refractivity (Wildman–Crippen MR) is 81.3 cm³/mol. The number of imidazole rings is 2. The topological polar surface area (TPSA) is 105 Å². The van der Waals surface area contributed by atoms with Crippen LogP contribution in [0.5, 0.6) is 0 Å². The zero-order valence-electron chi connectivity index (χ0n) is 12.3. The molecule has 0 amide bonds. The lowest BCUT2D eigenvalue weighted by Crippen LogP contribution is -2.15. The molecule has 4 aromatic heterocycles. The van der Waals surface area contributed by atoms with Crippen LogP contribution in [0, 0.1) is 0 Å². The Labute approximate surface area is 135 Å². The van der Waals surface area contributed by atoms with Gasteiger partial charge in [-0.05, 0) is 12.1 Å². The molecule has 0 saturated carbocycles. The fourth-order valence-electron chi connectivity index (χ4n) is 1.77. The highest BCUT2D eigenvalue weighted by atomic mass is 16.2. The van der Waals surface area contributed by atoms with E-state index < -0.39 is 0 Å². The van der Waals surface area contributed by atoms with Gasteiger partial charge in [-0.1, -0.05) is 0 Å². The van der Waals surface area contributed by atoms with E-state index in [4.69, 9.17) is 0 Å². The van der Waals surface area contributed by atoms with Crippen LogP contribution in [-0.2, 0) is 0 Å². The normalized spacial score (nSPS) is 10.0. The van der Waals surface area contributed by atoms with Crippen molar-refractivity contribution in [3.05, 3.63) is 74.6 Å². The van der Waals surface area contributed by atoms with Crippen LogP contribution in [0.25, 0.3) is 0 Å². The molecule has 4 rings (SSSR count). The molecule has 120 valence electrons. The first-order valence-electron chi connectivity index (χ1n) is 6.78. The van der Waals surface area contributed by atoms with Gasteiger partial charge < -0.3 is 0 Å². The van der Waals surface area contributed by atoms with Gasteiger partial charge in [0.05, 0.1) is 0 Å². The Morgan fingerprint density at radius 1 is 0.583 bits per heavy atom. The van der Waals surface area contributed by atoms with Gasteiger partial charge in [0.1, 0.15) is 25.3 Å². The summed E-state index contributed by atoms with van der Waals surface area (Å²) in [6, 6.07) is 3.18. The third-order valence-corrected chi connectivity index (χ3v) is 2.92. The fourth-order valence-corrected chi connectivity index (χ4v) is 1.77. The van der Waals surface area contributed by atoms with Crippen LogP contribution in [-0.4, -0.2) is 50.5 Å². The smallest absolute Gasteiger partial charge is 0.276 e. The van der Waals surface area contributed by atoms with Crippen molar-refractivity contribution in [2.45, 2.75) is 0 Å². The van der Waals surface area contributed by atoms with E-state index >= 15 is 0 Å². The molecule has 0 aromatic carbocycles. The van der Waals surface area contributed by atoms with Crippen LogP contribution >= 0.6 is 0 Å². The fraction of sp³-hybridized carbons (Fsp3) is 0. The monoisotopic (exact) mass is 324 g/mol. The van der Waals surface area contributed by atoms with E-state index in [0.717, 1.165) is 0 Å². The van der Waals surface area contributed by atoms with Crippen molar-refractivity contribution in [3.63, 3.8) is 0 Å². The van der Waals surface area contributed by atoms with Crippen LogP contribution in [0.15, 0.2) is 74.6 Å². The zero-order chi connectivity index (χ0) is 16.8. The maximum atomic E-state index is 11.4. The van der Waals surface area contributed by atoms with Gasteiger partial charge in [0.2, 0.25) is 0 Å². The van der Waals surface area contributed by atoms with Gasteiger partial charge in [0, 0.05) is 37.2 Å². The van der Waals surface area contributed by atoms with E-state index in [9.17, 15) is 9.59 Å². The minimum Gasteiger partial charge on any atom is -0.276 e. The molecule has 10 nitrogen and oxygen atoms in total. The number of carbonyl (C=O) groups excluding carboxylic acids is 2. The van der Waals surface area contributed by atoms with E-state index in [1.165, 1.54) is 43.6 Å². The molecular weight excluding hydrogens is 312 g/mol. The lowest BCUT2D eigenvalue weighted by atomic mass is 10.7. The van der Waals surface area contributed by atoms with Crippen molar-refractivity contribution in [3.8, 4) is 0 Å². The second-order valence-electron chi connectivity index (χ2n) is 4.46. The zero-order valence-corrected chi connectivity index (χ0v) is 12.3. The summed E-state index contributed by atoms with van der Waals surface area (Å²) in [7, 11) is 0. The van der Waals surface area contributed by atoms with Crippen molar-refractivity contribution in [1.82, 2.24) is 38.4 Å². The summed E-state index contributed by atoms with van der Waals surface area (Å²) in [6.07, 6.45) is 15.2. The summed E-state index contributed by atoms with van der Waals surface area (Å²) >= 11 is 0. The van der Waals surface area contributed by atoms with Gasteiger partial charge in [0.25, 0.3) is 0 Å². The van der Waals surface area contributed by atoms with Crippen LogP contribution in [0.3, 0.4) is 0 Å². The van der Waals surface area contributed by atoms with E-state index in [-0.39, 0.29) is 12.1 Å². The van der Waals surface area contributed by atoms with Gasteiger partial charge in [-0.15, -0.1) is 10.2 Å². The first kappa shape index (κ1) is 15.1. The molecule has 0 bridgehead atoms. The third kappa shape index (κ3) is 3.32. The largest absolute Gasteiger partial charge is 0.338 e. The van der Waals surface area contributed by atoms with Crippen LogP contribution < -0.4 is 0 Å². The Hall–Kier alpha value is -3.82. The maximum absolute atomic E-state index is 11.4. The summed E-state index contributed by atoms with van der Waals surface area (Å²) in [5, 5.41) is 7.06.